The molecule has 0 bridgehead atoms. The summed E-state index contributed by atoms with van der Waals surface area (Å²) < 4.78 is 7.42. The summed E-state index contributed by atoms with van der Waals surface area (Å²) in [6, 6.07) is 12.8. The van der Waals surface area contributed by atoms with Gasteiger partial charge in [0.2, 0.25) is 0 Å². The molecule has 2 aromatic rings. The summed E-state index contributed by atoms with van der Waals surface area (Å²) in [5.74, 6) is 0. The summed E-state index contributed by atoms with van der Waals surface area (Å²) in [7, 11) is 1.74. The highest BCUT2D eigenvalue weighted by Gasteiger charge is 2.05. The fourth-order valence-corrected chi connectivity index (χ4v) is 2.04. The van der Waals surface area contributed by atoms with E-state index < -0.39 is 0 Å². The minimum Gasteiger partial charge on any atom is -0.383 e. The molecule has 17 heavy (non-hydrogen) atoms. The van der Waals surface area contributed by atoms with Crippen LogP contribution < -0.4 is 0 Å². The van der Waals surface area contributed by atoms with Gasteiger partial charge in [-0.2, -0.15) is 0 Å². The number of hydrogen-bond acceptors (Lipinski definition) is 1. The smallest absolute Gasteiger partial charge is 0.0641 e. The lowest BCUT2D eigenvalue weighted by atomic mass is 10.1. The van der Waals surface area contributed by atoms with Crippen molar-refractivity contribution >= 4 is 0 Å². The van der Waals surface area contributed by atoms with Gasteiger partial charge in [-0.1, -0.05) is 37.3 Å². The summed E-state index contributed by atoms with van der Waals surface area (Å²) in [4.78, 5) is 0. The zero-order valence-electron chi connectivity index (χ0n) is 10.5. The molecule has 2 heteroatoms. The molecule has 0 unspecified atom stereocenters. The summed E-state index contributed by atoms with van der Waals surface area (Å²) in [5.41, 5.74) is 3.93. The third-order valence-electron chi connectivity index (χ3n) is 2.99. The first kappa shape index (κ1) is 11.9. The number of aryl methyl sites for hydroxylation is 1. The summed E-state index contributed by atoms with van der Waals surface area (Å²) in [6.07, 6.45) is 3.27. The Hall–Kier alpha value is -1.54. The van der Waals surface area contributed by atoms with Crippen LogP contribution in [0.15, 0.2) is 42.6 Å². The first-order chi connectivity index (χ1) is 8.35. The van der Waals surface area contributed by atoms with Crippen LogP contribution in [0, 0.1) is 0 Å². The highest BCUT2D eigenvalue weighted by molar-refractivity contribution is 5.63. The van der Waals surface area contributed by atoms with Gasteiger partial charge in [0.25, 0.3) is 0 Å². The largest absolute Gasteiger partial charge is 0.383 e. The van der Waals surface area contributed by atoms with Gasteiger partial charge in [-0.25, -0.2) is 0 Å². The molecular weight excluding hydrogens is 210 g/mol. The van der Waals surface area contributed by atoms with Crippen LogP contribution in [0.2, 0.25) is 0 Å². The average Bonchev–Trinajstić information content (AvgIpc) is 2.80. The van der Waals surface area contributed by atoms with Gasteiger partial charge in [-0.15, -0.1) is 0 Å². The van der Waals surface area contributed by atoms with Crippen LogP contribution in [0.4, 0.5) is 0 Å². The van der Waals surface area contributed by atoms with Gasteiger partial charge < -0.3 is 9.30 Å². The monoisotopic (exact) mass is 229 g/mol. The lowest BCUT2D eigenvalue weighted by molar-refractivity contribution is 0.186. The van der Waals surface area contributed by atoms with Crippen LogP contribution in [0.25, 0.3) is 11.1 Å². The van der Waals surface area contributed by atoms with Crippen molar-refractivity contribution in [2.75, 3.05) is 13.7 Å². The van der Waals surface area contributed by atoms with Crippen LogP contribution >= 0.6 is 0 Å². The van der Waals surface area contributed by atoms with Gasteiger partial charge >= 0.3 is 0 Å². The molecule has 0 saturated heterocycles. The van der Waals surface area contributed by atoms with Crippen molar-refractivity contribution in [2.45, 2.75) is 19.9 Å². The van der Waals surface area contributed by atoms with Crippen molar-refractivity contribution < 1.29 is 4.74 Å². The predicted octanol–water partition coefficient (Wildman–Crippen LogP) is 3.36. The maximum absolute atomic E-state index is 5.14. The second kappa shape index (κ2) is 5.69. The Kier molecular flexibility index (Phi) is 3.99. The molecule has 0 aliphatic carbocycles. The van der Waals surface area contributed by atoms with Crippen molar-refractivity contribution in [2.24, 2.45) is 0 Å². The molecule has 0 saturated carbocycles. The molecule has 0 amide bonds. The predicted molar refractivity (Wildman–Crippen MR) is 71.1 cm³/mol. The van der Waals surface area contributed by atoms with Crippen LogP contribution in [-0.2, 0) is 17.7 Å². The summed E-state index contributed by atoms with van der Waals surface area (Å²) in [6.45, 7) is 3.87. The first-order valence-corrected chi connectivity index (χ1v) is 6.08. The number of ether oxygens (including phenoxy) is 1. The Morgan fingerprint density at radius 1 is 1.12 bits per heavy atom. The van der Waals surface area contributed by atoms with Crippen LogP contribution in [0.3, 0.4) is 0 Å². The molecular formula is C15H19NO. The molecule has 2 rings (SSSR count). The Labute approximate surface area is 103 Å². The topological polar surface area (TPSA) is 14.2 Å². The van der Waals surface area contributed by atoms with E-state index in [-0.39, 0.29) is 0 Å². The lowest BCUT2D eigenvalue weighted by Gasteiger charge is -2.05. The van der Waals surface area contributed by atoms with E-state index in [0.717, 1.165) is 19.6 Å². The molecule has 1 aromatic heterocycles. The maximum Gasteiger partial charge on any atom is 0.0641 e. The van der Waals surface area contributed by atoms with Crippen LogP contribution in [0.5, 0.6) is 0 Å². The average molecular weight is 229 g/mol. The van der Waals surface area contributed by atoms with Gasteiger partial charge in [0.05, 0.1) is 6.61 Å². The van der Waals surface area contributed by atoms with Gasteiger partial charge in [-0.3, -0.25) is 0 Å². The van der Waals surface area contributed by atoms with E-state index in [1.54, 1.807) is 7.11 Å². The number of benzene rings is 1. The van der Waals surface area contributed by atoms with E-state index >= 15 is 0 Å². The zero-order chi connectivity index (χ0) is 12.1. The number of nitrogens with zero attached hydrogens (tertiary/aromatic N) is 1. The number of methoxy groups -OCH3 is 1. The Balaban J connectivity index is 2.28. The zero-order valence-corrected chi connectivity index (χ0v) is 10.5. The highest BCUT2D eigenvalue weighted by Crippen LogP contribution is 2.22. The van der Waals surface area contributed by atoms with Crippen LogP contribution in [0.1, 0.15) is 12.6 Å². The van der Waals surface area contributed by atoms with Gasteiger partial charge in [0, 0.05) is 25.5 Å². The summed E-state index contributed by atoms with van der Waals surface area (Å²) in [5, 5.41) is 0. The second-order valence-electron chi connectivity index (χ2n) is 4.13. The molecule has 0 fully saturated rings. The van der Waals surface area contributed by atoms with Gasteiger partial charge in [0.1, 0.15) is 0 Å². The highest BCUT2D eigenvalue weighted by atomic mass is 16.5. The van der Waals surface area contributed by atoms with Crippen molar-refractivity contribution in [1.29, 1.82) is 0 Å². The van der Waals surface area contributed by atoms with Gasteiger partial charge in [-0.05, 0) is 23.6 Å². The third kappa shape index (κ3) is 2.77. The lowest BCUT2D eigenvalue weighted by Crippen LogP contribution is -2.05. The van der Waals surface area contributed by atoms with Crippen molar-refractivity contribution in [1.82, 2.24) is 4.57 Å². The quantitative estimate of drug-likeness (QED) is 0.766. The number of aromatic nitrogens is 1. The van der Waals surface area contributed by atoms with E-state index in [9.17, 15) is 0 Å². The number of rotatable bonds is 5. The van der Waals surface area contributed by atoms with Crippen molar-refractivity contribution in [3.05, 3.63) is 48.3 Å². The van der Waals surface area contributed by atoms with Crippen molar-refractivity contribution in [3.63, 3.8) is 0 Å². The fraction of sp³-hybridized carbons (Fsp3) is 0.333. The molecule has 0 radical (unpaired) electrons. The Bertz CT molecular complexity index is 459. The molecule has 0 atom stereocenters. The molecule has 2 nitrogen and oxygen atoms in total. The fourth-order valence-electron chi connectivity index (χ4n) is 2.04. The molecule has 1 aromatic carbocycles. The Morgan fingerprint density at radius 2 is 1.88 bits per heavy atom. The SMILES string of the molecule is CCc1cc(-c2ccccc2)cn1CCOC. The first-order valence-electron chi connectivity index (χ1n) is 6.08. The molecule has 0 spiro atoms. The second-order valence-corrected chi connectivity index (χ2v) is 4.13. The van der Waals surface area contributed by atoms with E-state index in [4.69, 9.17) is 4.74 Å². The normalized spacial score (nSPS) is 10.7. The molecule has 0 N–H and O–H groups in total. The van der Waals surface area contributed by atoms with E-state index in [1.165, 1.54) is 16.8 Å². The van der Waals surface area contributed by atoms with Crippen molar-refractivity contribution in [3.8, 4) is 11.1 Å². The molecule has 0 aliphatic rings. The minimum atomic E-state index is 0.760. The third-order valence-corrected chi connectivity index (χ3v) is 2.99. The summed E-state index contributed by atoms with van der Waals surface area (Å²) >= 11 is 0. The Morgan fingerprint density at radius 3 is 2.53 bits per heavy atom. The van der Waals surface area contributed by atoms with Crippen LogP contribution in [-0.4, -0.2) is 18.3 Å². The van der Waals surface area contributed by atoms with E-state index in [2.05, 4.69) is 48.0 Å². The number of hydrogen-bond donors (Lipinski definition) is 0. The van der Waals surface area contributed by atoms with Gasteiger partial charge in [0.15, 0.2) is 0 Å². The standard InChI is InChI=1S/C15H19NO/c1-3-15-11-14(12-16(15)9-10-17-2)13-7-5-4-6-8-13/h4-8,11-12H,3,9-10H2,1-2H3. The minimum absolute atomic E-state index is 0.760. The van der Waals surface area contributed by atoms with E-state index in [1.807, 2.05) is 6.07 Å². The molecule has 1 heterocycles. The maximum atomic E-state index is 5.14. The molecule has 0 aliphatic heterocycles. The molecule has 90 valence electrons. The van der Waals surface area contributed by atoms with E-state index in [0.29, 0.717) is 0 Å².